The zero-order valence-corrected chi connectivity index (χ0v) is 17.6. The van der Waals surface area contributed by atoms with Crippen LogP contribution in [0.3, 0.4) is 0 Å². The lowest BCUT2D eigenvalue weighted by molar-refractivity contribution is 0.159. The molecule has 1 N–H and O–H groups in total. The van der Waals surface area contributed by atoms with Gasteiger partial charge >= 0.3 is 0 Å². The van der Waals surface area contributed by atoms with Crippen LogP contribution in [0.1, 0.15) is 12.8 Å². The van der Waals surface area contributed by atoms with Crippen molar-refractivity contribution >= 4 is 16.5 Å². The van der Waals surface area contributed by atoms with Gasteiger partial charge in [0.15, 0.2) is 11.9 Å². The molecule has 1 atom stereocenters. The number of fused-ring (bicyclic) bond motifs is 2. The maximum absolute atomic E-state index is 13.3. The maximum Gasteiger partial charge on any atom is 0.158 e. The van der Waals surface area contributed by atoms with E-state index >= 15 is 0 Å². The van der Waals surface area contributed by atoms with Gasteiger partial charge < -0.3 is 18.3 Å². The number of hydrogen-bond donors (Lipinski definition) is 1. The molecule has 4 aromatic rings. The number of rotatable bonds is 7. The molecule has 0 radical (unpaired) electrons. The molecule has 0 saturated carbocycles. The van der Waals surface area contributed by atoms with Crippen molar-refractivity contribution < 1.29 is 22.7 Å². The Morgan fingerprint density at radius 1 is 1.12 bits per heavy atom. The third-order valence-electron chi connectivity index (χ3n) is 5.36. The van der Waals surface area contributed by atoms with Crippen LogP contribution in [-0.2, 0) is 4.74 Å². The highest BCUT2D eigenvalue weighted by molar-refractivity contribution is 5.79. The Balaban J connectivity index is 1.23. The second-order valence-corrected chi connectivity index (χ2v) is 7.70. The van der Waals surface area contributed by atoms with E-state index < -0.39 is 12.0 Å². The van der Waals surface area contributed by atoms with Crippen molar-refractivity contribution in [1.82, 2.24) is 9.38 Å². The van der Waals surface area contributed by atoms with Gasteiger partial charge in [0.2, 0.25) is 0 Å². The smallest absolute Gasteiger partial charge is 0.158 e. The highest BCUT2D eigenvalue weighted by Crippen LogP contribution is 2.25. The SMILES string of the molecule is N=c1cc(-c2cc3cccn3cn2)oc2ccc(OCCCOC3=CC=C(F)C(F)C3)cc12. The second kappa shape index (κ2) is 8.90. The van der Waals surface area contributed by atoms with Crippen LogP contribution < -0.4 is 10.1 Å². The predicted octanol–water partition coefficient (Wildman–Crippen LogP) is 5.49. The number of allylic oxidation sites excluding steroid dienone is 4. The van der Waals surface area contributed by atoms with Crippen LogP contribution >= 0.6 is 0 Å². The van der Waals surface area contributed by atoms with Crippen molar-refractivity contribution in [2.24, 2.45) is 0 Å². The molecule has 168 valence electrons. The fourth-order valence-corrected chi connectivity index (χ4v) is 3.63. The van der Waals surface area contributed by atoms with E-state index in [-0.39, 0.29) is 6.42 Å². The van der Waals surface area contributed by atoms with Crippen molar-refractivity contribution in [3.63, 3.8) is 0 Å². The number of halogens is 2. The molecule has 1 unspecified atom stereocenters. The Bertz CT molecular complexity index is 1440. The maximum atomic E-state index is 13.3. The molecule has 0 fully saturated rings. The van der Waals surface area contributed by atoms with Gasteiger partial charge in [-0.3, -0.25) is 5.41 Å². The first-order chi connectivity index (χ1) is 16.1. The van der Waals surface area contributed by atoms with Gasteiger partial charge in [0.25, 0.3) is 0 Å². The van der Waals surface area contributed by atoms with Gasteiger partial charge in [-0.05, 0) is 48.6 Å². The fraction of sp³-hybridized carbons (Fsp3) is 0.200. The van der Waals surface area contributed by atoms with Crippen LogP contribution in [-0.4, -0.2) is 28.8 Å². The summed E-state index contributed by atoms with van der Waals surface area (Å²) in [5, 5.41) is 9.37. The Labute approximate surface area is 187 Å². The fourth-order valence-electron chi connectivity index (χ4n) is 3.63. The molecule has 1 aliphatic carbocycles. The number of nitrogens with one attached hydrogen (secondary N) is 1. The molecule has 3 aromatic heterocycles. The van der Waals surface area contributed by atoms with E-state index in [1.807, 2.05) is 28.8 Å². The van der Waals surface area contributed by atoms with E-state index in [0.717, 1.165) is 11.6 Å². The summed E-state index contributed by atoms with van der Waals surface area (Å²) in [6, 6.07) is 12.8. The van der Waals surface area contributed by atoms with Crippen LogP contribution in [0, 0.1) is 5.41 Å². The molecule has 1 aliphatic rings. The number of benzene rings is 1. The molecule has 0 saturated heterocycles. The quantitative estimate of drug-likeness (QED) is 0.379. The largest absolute Gasteiger partial charge is 0.498 e. The van der Waals surface area contributed by atoms with Crippen LogP contribution in [0.2, 0.25) is 0 Å². The average Bonchev–Trinajstić information content (AvgIpc) is 3.29. The van der Waals surface area contributed by atoms with E-state index in [1.165, 1.54) is 6.08 Å². The van der Waals surface area contributed by atoms with Crippen molar-refractivity contribution in [3.05, 3.63) is 84.1 Å². The van der Waals surface area contributed by atoms with Crippen LogP contribution in [0.15, 0.2) is 83.1 Å². The molecule has 1 aromatic carbocycles. The summed E-state index contributed by atoms with van der Waals surface area (Å²) < 4.78 is 45.5. The molecule has 8 heteroatoms. The molecular weight excluding hydrogens is 428 g/mol. The first-order valence-electron chi connectivity index (χ1n) is 10.6. The average molecular weight is 449 g/mol. The van der Waals surface area contributed by atoms with Gasteiger partial charge in [-0.15, -0.1) is 0 Å². The molecule has 0 amide bonds. The predicted molar refractivity (Wildman–Crippen MR) is 119 cm³/mol. The third-order valence-corrected chi connectivity index (χ3v) is 5.36. The molecule has 3 heterocycles. The van der Waals surface area contributed by atoms with Crippen LogP contribution in [0.5, 0.6) is 5.75 Å². The number of nitrogens with zero attached hydrogens (tertiary/aromatic N) is 2. The summed E-state index contributed by atoms with van der Waals surface area (Å²) in [7, 11) is 0. The zero-order valence-electron chi connectivity index (χ0n) is 17.6. The van der Waals surface area contributed by atoms with Crippen LogP contribution in [0.25, 0.3) is 27.9 Å². The molecule has 6 nitrogen and oxygen atoms in total. The number of aromatic nitrogens is 2. The normalized spacial score (nSPS) is 16.0. The van der Waals surface area contributed by atoms with E-state index in [1.54, 1.807) is 30.6 Å². The zero-order chi connectivity index (χ0) is 22.8. The molecule has 0 bridgehead atoms. The van der Waals surface area contributed by atoms with E-state index in [9.17, 15) is 8.78 Å². The van der Waals surface area contributed by atoms with Gasteiger partial charge in [-0.1, -0.05) is 0 Å². The third kappa shape index (κ3) is 4.50. The van der Waals surface area contributed by atoms with E-state index in [2.05, 4.69) is 4.98 Å². The van der Waals surface area contributed by atoms with Gasteiger partial charge in [-0.25, -0.2) is 13.8 Å². The lowest BCUT2D eigenvalue weighted by atomic mass is 10.1. The summed E-state index contributed by atoms with van der Waals surface area (Å²) in [6.45, 7) is 0.717. The van der Waals surface area contributed by atoms with Crippen LogP contribution in [0.4, 0.5) is 8.78 Å². The van der Waals surface area contributed by atoms with Gasteiger partial charge in [0.05, 0.1) is 30.7 Å². The molecule has 5 rings (SSSR count). The van der Waals surface area contributed by atoms with Crippen molar-refractivity contribution in [3.8, 4) is 17.2 Å². The van der Waals surface area contributed by atoms with Gasteiger partial charge in [0.1, 0.15) is 22.9 Å². The molecule has 0 spiro atoms. The Hall–Kier alpha value is -3.94. The van der Waals surface area contributed by atoms with E-state index in [4.69, 9.17) is 19.3 Å². The van der Waals surface area contributed by atoms with Gasteiger partial charge in [0, 0.05) is 36.0 Å². The number of ether oxygens (including phenoxy) is 2. The monoisotopic (exact) mass is 449 g/mol. The molecular formula is C25H21F2N3O3. The van der Waals surface area contributed by atoms with Gasteiger partial charge in [-0.2, -0.15) is 0 Å². The summed E-state index contributed by atoms with van der Waals surface area (Å²) in [5.74, 6) is 0.783. The minimum Gasteiger partial charge on any atom is -0.498 e. The van der Waals surface area contributed by atoms with Crippen molar-refractivity contribution in [2.45, 2.75) is 19.0 Å². The van der Waals surface area contributed by atoms with Crippen molar-refractivity contribution in [2.75, 3.05) is 13.2 Å². The number of hydrogen-bond acceptors (Lipinski definition) is 5. The van der Waals surface area contributed by atoms with E-state index in [0.29, 0.717) is 58.9 Å². The summed E-state index contributed by atoms with van der Waals surface area (Å²) in [5.41, 5.74) is 2.21. The highest BCUT2D eigenvalue weighted by Gasteiger charge is 2.19. The lowest BCUT2D eigenvalue weighted by Crippen LogP contribution is -2.10. The summed E-state index contributed by atoms with van der Waals surface area (Å²) >= 11 is 0. The Kier molecular flexibility index (Phi) is 5.64. The first-order valence-corrected chi connectivity index (χ1v) is 10.6. The topological polar surface area (TPSA) is 72.8 Å². The summed E-state index contributed by atoms with van der Waals surface area (Å²) in [6.07, 6.45) is 5.04. The highest BCUT2D eigenvalue weighted by atomic mass is 19.2. The molecule has 33 heavy (non-hydrogen) atoms. The Morgan fingerprint density at radius 2 is 2.00 bits per heavy atom. The second-order valence-electron chi connectivity index (χ2n) is 7.70. The first kappa shape index (κ1) is 20.9. The standard InChI is InChI=1S/C25H21F2N3O3/c26-20-6-4-18(13-21(20)27)32-10-2-9-31-17-5-7-24-19(12-17)22(28)14-25(33-24)23-11-16-3-1-8-30(16)15-29-23/h1,3-8,11-12,14-15,21,28H,2,9-10,13H2. The lowest BCUT2D eigenvalue weighted by Gasteiger charge is -2.15. The minimum absolute atomic E-state index is 0.0827. The molecule has 0 aliphatic heterocycles. The van der Waals surface area contributed by atoms with Crippen molar-refractivity contribution in [1.29, 1.82) is 5.41 Å². The summed E-state index contributed by atoms with van der Waals surface area (Å²) in [4.78, 5) is 4.42. The number of alkyl halides is 1. The Morgan fingerprint density at radius 3 is 2.88 bits per heavy atom. The minimum atomic E-state index is -1.63.